The number of carbonyl (C=O) groups excluding carboxylic acids is 4. The van der Waals surface area contributed by atoms with Crippen LogP contribution in [-0.2, 0) is 28.8 Å². The van der Waals surface area contributed by atoms with Gasteiger partial charge in [-0.3, -0.25) is 29.0 Å². The molecule has 0 radical (unpaired) electrons. The number of rotatable bonds is 15. The van der Waals surface area contributed by atoms with E-state index in [1.165, 1.54) is 4.90 Å². The van der Waals surface area contributed by atoms with Crippen molar-refractivity contribution in [1.29, 1.82) is 0 Å². The summed E-state index contributed by atoms with van der Waals surface area (Å²) >= 11 is 0. The fraction of sp³-hybridized carbons (Fsp3) is 0.650. The van der Waals surface area contributed by atoms with E-state index in [1.54, 1.807) is 0 Å². The zero-order chi connectivity index (χ0) is 27.4. The first-order valence-electron chi connectivity index (χ1n) is 11.3. The average molecular weight is 515 g/mol. The van der Waals surface area contributed by atoms with Gasteiger partial charge in [0.15, 0.2) is 5.96 Å². The van der Waals surface area contributed by atoms with Crippen LogP contribution in [0.4, 0.5) is 0 Å². The van der Waals surface area contributed by atoms with Crippen LogP contribution in [0.5, 0.6) is 0 Å². The van der Waals surface area contributed by atoms with E-state index in [2.05, 4.69) is 15.6 Å². The molecule has 1 rings (SSSR count). The molecule has 16 heteroatoms. The highest BCUT2D eigenvalue weighted by Gasteiger charge is 2.38. The third-order valence-electron chi connectivity index (χ3n) is 5.42. The second-order valence-corrected chi connectivity index (χ2v) is 8.31. The molecule has 0 aliphatic carbocycles. The molecule has 0 aromatic carbocycles. The summed E-state index contributed by atoms with van der Waals surface area (Å²) in [6.45, 7) is 0.533. The van der Waals surface area contributed by atoms with E-state index < -0.39 is 72.6 Å². The van der Waals surface area contributed by atoms with E-state index in [9.17, 15) is 33.9 Å². The molecule has 0 aromatic rings. The molecule has 4 atom stereocenters. The van der Waals surface area contributed by atoms with Crippen LogP contribution in [-0.4, -0.2) is 93.9 Å². The quantitative estimate of drug-likeness (QED) is 0.0594. The summed E-state index contributed by atoms with van der Waals surface area (Å²) in [6.07, 6.45) is -0.0991. The SMILES string of the molecule is NC(=O)CC(NC(=O)C(CCC(=O)O)NC(=O)C1CCCN1C(=O)C(N)CCCN=C(N)N)C(=O)O. The molecule has 202 valence electrons. The Bertz CT molecular complexity index is 876. The van der Waals surface area contributed by atoms with Crippen molar-refractivity contribution < 1.29 is 39.0 Å². The molecule has 1 saturated heterocycles. The van der Waals surface area contributed by atoms with E-state index in [1.807, 2.05) is 0 Å². The normalized spacial score (nSPS) is 17.4. The van der Waals surface area contributed by atoms with Gasteiger partial charge in [0.25, 0.3) is 0 Å². The monoisotopic (exact) mass is 514 g/mol. The minimum atomic E-state index is -1.67. The molecule has 0 spiro atoms. The number of carboxylic acid groups (broad SMARTS) is 2. The van der Waals surface area contributed by atoms with Crippen molar-refractivity contribution in [1.82, 2.24) is 15.5 Å². The van der Waals surface area contributed by atoms with Crippen molar-refractivity contribution in [2.45, 2.75) is 69.1 Å². The highest BCUT2D eigenvalue weighted by atomic mass is 16.4. The van der Waals surface area contributed by atoms with Crippen LogP contribution < -0.4 is 33.6 Å². The zero-order valence-electron chi connectivity index (χ0n) is 19.7. The molecular formula is C20H34N8O8. The number of primary amides is 1. The number of carbonyl (C=O) groups is 6. The van der Waals surface area contributed by atoms with E-state index in [0.29, 0.717) is 12.8 Å². The van der Waals surface area contributed by atoms with Gasteiger partial charge in [0, 0.05) is 19.5 Å². The lowest BCUT2D eigenvalue weighted by Crippen LogP contribution is -2.57. The van der Waals surface area contributed by atoms with Crippen LogP contribution in [0, 0.1) is 0 Å². The van der Waals surface area contributed by atoms with Crippen LogP contribution in [0.2, 0.25) is 0 Å². The molecule has 16 nitrogen and oxygen atoms in total. The predicted molar refractivity (Wildman–Crippen MR) is 125 cm³/mol. The average Bonchev–Trinajstić information content (AvgIpc) is 3.27. The number of hydrogen-bond acceptors (Lipinski definition) is 8. The number of amides is 4. The van der Waals surface area contributed by atoms with Gasteiger partial charge in [-0.25, -0.2) is 4.79 Å². The first kappa shape index (κ1) is 30.1. The maximum absolute atomic E-state index is 13.0. The van der Waals surface area contributed by atoms with Crippen LogP contribution in [0.3, 0.4) is 0 Å². The maximum atomic E-state index is 13.0. The van der Waals surface area contributed by atoms with Gasteiger partial charge in [0.2, 0.25) is 23.6 Å². The molecule has 1 aliphatic heterocycles. The van der Waals surface area contributed by atoms with Gasteiger partial charge in [0.05, 0.1) is 12.5 Å². The van der Waals surface area contributed by atoms with Crippen LogP contribution in [0.1, 0.15) is 44.9 Å². The van der Waals surface area contributed by atoms with Gasteiger partial charge in [-0.1, -0.05) is 0 Å². The lowest BCUT2D eigenvalue weighted by molar-refractivity contribution is -0.144. The molecule has 36 heavy (non-hydrogen) atoms. The number of likely N-dealkylation sites (tertiary alicyclic amines) is 1. The molecule has 1 heterocycles. The molecule has 4 unspecified atom stereocenters. The van der Waals surface area contributed by atoms with Gasteiger partial charge in [-0.15, -0.1) is 0 Å². The summed E-state index contributed by atoms with van der Waals surface area (Å²) in [5.74, 6) is -6.06. The Hall–Kier alpha value is -3.95. The lowest BCUT2D eigenvalue weighted by Gasteiger charge is -2.28. The van der Waals surface area contributed by atoms with Gasteiger partial charge >= 0.3 is 11.9 Å². The number of aliphatic imine (C=N–C) groups is 1. The van der Waals surface area contributed by atoms with Crippen molar-refractivity contribution in [3.05, 3.63) is 0 Å². The Morgan fingerprint density at radius 1 is 1.00 bits per heavy atom. The van der Waals surface area contributed by atoms with Crippen molar-refractivity contribution in [3.8, 4) is 0 Å². The van der Waals surface area contributed by atoms with Gasteiger partial charge in [-0.2, -0.15) is 0 Å². The van der Waals surface area contributed by atoms with E-state index in [-0.39, 0.29) is 38.3 Å². The summed E-state index contributed by atoms with van der Waals surface area (Å²) in [4.78, 5) is 77.0. The zero-order valence-corrected chi connectivity index (χ0v) is 19.7. The fourth-order valence-corrected chi connectivity index (χ4v) is 3.64. The van der Waals surface area contributed by atoms with E-state index in [0.717, 1.165) is 0 Å². The number of nitrogens with zero attached hydrogens (tertiary/aromatic N) is 2. The number of nitrogens with two attached hydrogens (primary N) is 4. The highest BCUT2D eigenvalue weighted by molar-refractivity contribution is 5.95. The smallest absolute Gasteiger partial charge is 0.326 e. The number of guanidine groups is 1. The number of nitrogens with one attached hydrogen (secondary N) is 2. The lowest BCUT2D eigenvalue weighted by atomic mass is 10.1. The van der Waals surface area contributed by atoms with Crippen LogP contribution in [0.25, 0.3) is 0 Å². The Balaban J connectivity index is 2.89. The Morgan fingerprint density at radius 2 is 1.67 bits per heavy atom. The Kier molecular flexibility index (Phi) is 12.1. The largest absolute Gasteiger partial charge is 0.481 e. The third-order valence-corrected chi connectivity index (χ3v) is 5.42. The minimum Gasteiger partial charge on any atom is -0.481 e. The third kappa shape index (κ3) is 10.1. The summed E-state index contributed by atoms with van der Waals surface area (Å²) in [5.41, 5.74) is 21.5. The molecule has 1 aliphatic rings. The number of carboxylic acids is 2. The van der Waals surface area contributed by atoms with Crippen molar-refractivity contribution in [3.63, 3.8) is 0 Å². The molecule has 0 aromatic heterocycles. The molecular weight excluding hydrogens is 480 g/mol. The van der Waals surface area contributed by atoms with Gasteiger partial charge in [-0.05, 0) is 32.1 Å². The maximum Gasteiger partial charge on any atom is 0.326 e. The second kappa shape index (κ2) is 14.4. The summed E-state index contributed by atoms with van der Waals surface area (Å²) in [5, 5.41) is 22.7. The van der Waals surface area contributed by atoms with Gasteiger partial charge < -0.3 is 48.7 Å². The van der Waals surface area contributed by atoms with Gasteiger partial charge in [0.1, 0.15) is 18.1 Å². The molecule has 0 saturated carbocycles. The molecule has 1 fully saturated rings. The first-order valence-corrected chi connectivity index (χ1v) is 11.3. The highest BCUT2D eigenvalue weighted by Crippen LogP contribution is 2.19. The second-order valence-electron chi connectivity index (χ2n) is 8.31. The molecule has 4 amide bonds. The standard InChI is InChI=1S/C20H34N8O8/c21-10(3-1-7-25-20(23)24)18(34)28-8-2-4-13(28)17(33)26-11(5-6-15(30)31)16(32)27-12(19(35)36)9-14(22)29/h10-13H,1-9,21H2,(H2,22,29)(H,26,33)(H,27,32)(H,30,31)(H,35,36)(H4,23,24,25). The number of hydrogen-bond donors (Lipinski definition) is 8. The molecule has 0 bridgehead atoms. The summed E-state index contributed by atoms with van der Waals surface area (Å²) in [7, 11) is 0. The number of aliphatic carboxylic acids is 2. The topological polar surface area (TPSA) is 287 Å². The Labute approximate surface area is 206 Å². The van der Waals surface area contributed by atoms with Crippen molar-refractivity contribution in [2.24, 2.45) is 27.9 Å². The van der Waals surface area contributed by atoms with Crippen molar-refractivity contribution >= 4 is 41.5 Å². The first-order chi connectivity index (χ1) is 16.8. The van der Waals surface area contributed by atoms with Crippen LogP contribution >= 0.6 is 0 Å². The molecule has 12 N–H and O–H groups in total. The predicted octanol–water partition coefficient (Wildman–Crippen LogP) is -3.85. The summed E-state index contributed by atoms with van der Waals surface area (Å²) < 4.78 is 0. The summed E-state index contributed by atoms with van der Waals surface area (Å²) in [6, 6.07) is -4.97. The minimum absolute atomic E-state index is 0.0861. The van der Waals surface area contributed by atoms with E-state index in [4.69, 9.17) is 28.0 Å². The Morgan fingerprint density at radius 3 is 2.22 bits per heavy atom. The van der Waals surface area contributed by atoms with Crippen LogP contribution in [0.15, 0.2) is 4.99 Å². The van der Waals surface area contributed by atoms with E-state index >= 15 is 0 Å². The fourth-order valence-electron chi connectivity index (χ4n) is 3.64. The van der Waals surface area contributed by atoms with Crippen molar-refractivity contribution in [2.75, 3.05) is 13.1 Å².